The molecule has 0 saturated heterocycles. The van der Waals surface area contributed by atoms with Crippen molar-refractivity contribution in [2.75, 3.05) is 6.54 Å². The average Bonchev–Trinajstić information content (AvgIpc) is 2.34. The van der Waals surface area contributed by atoms with Crippen LogP contribution in [0, 0.1) is 11.8 Å². The minimum Gasteiger partial charge on any atom is -0.356 e. The molecule has 1 atom stereocenters. The first-order valence-electron chi connectivity index (χ1n) is 6.99. The van der Waals surface area contributed by atoms with Gasteiger partial charge in [0.15, 0.2) is 0 Å². The molecule has 0 spiro atoms. The van der Waals surface area contributed by atoms with Gasteiger partial charge in [0.1, 0.15) is 0 Å². The Hall–Kier alpha value is -0.530. The van der Waals surface area contributed by atoms with E-state index in [1.54, 1.807) is 0 Å². The summed E-state index contributed by atoms with van der Waals surface area (Å²) in [7, 11) is 0. The number of hydrogen-bond acceptors (Lipinski definition) is 1. The first kappa shape index (κ1) is 13.5. The quantitative estimate of drug-likeness (QED) is 0.736. The molecular formula is C14H27NO. The van der Waals surface area contributed by atoms with Crippen LogP contribution >= 0.6 is 0 Å². The summed E-state index contributed by atoms with van der Waals surface area (Å²) < 4.78 is 0. The van der Waals surface area contributed by atoms with Crippen molar-refractivity contribution in [2.45, 2.75) is 65.2 Å². The molecule has 0 aliphatic heterocycles. The van der Waals surface area contributed by atoms with Gasteiger partial charge >= 0.3 is 0 Å². The van der Waals surface area contributed by atoms with E-state index in [9.17, 15) is 4.79 Å². The molecule has 2 heteroatoms. The molecule has 1 saturated carbocycles. The minimum atomic E-state index is 0.255. The predicted octanol–water partition coefficient (Wildman–Crippen LogP) is 3.51. The van der Waals surface area contributed by atoms with Crippen LogP contribution in [0.25, 0.3) is 0 Å². The lowest BCUT2D eigenvalue weighted by Crippen LogP contribution is -2.28. The smallest absolute Gasteiger partial charge is 0.220 e. The van der Waals surface area contributed by atoms with Crippen molar-refractivity contribution in [3.63, 3.8) is 0 Å². The zero-order chi connectivity index (χ0) is 11.8. The van der Waals surface area contributed by atoms with Crippen LogP contribution in [0.4, 0.5) is 0 Å². The van der Waals surface area contributed by atoms with Gasteiger partial charge in [-0.25, -0.2) is 0 Å². The Morgan fingerprint density at radius 2 is 2.00 bits per heavy atom. The van der Waals surface area contributed by atoms with Crippen LogP contribution in [-0.4, -0.2) is 12.5 Å². The fourth-order valence-electron chi connectivity index (χ4n) is 2.33. The van der Waals surface area contributed by atoms with Gasteiger partial charge in [-0.1, -0.05) is 52.4 Å². The number of rotatable bonds is 6. The van der Waals surface area contributed by atoms with E-state index < -0.39 is 0 Å². The molecule has 1 fully saturated rings. The van der Waals surface area contributed by atoms with Gasteiger partial charge in [-0.05, 0) is 18.3 Å². The summed E-state index contributed by atoms with van der Waals surface area (Å²) in [5, 5.41) is 3.03. The first-order chi connectivity index (χ1) is 7.72. The molecule has 0 bridgehead atoms. The summed E-state index contributed by atoms with van der Waals surface area (Å²) in [5.41, 5.74) is 0. The normalized spacial score (nSPS) is 19.4. The highest BCUT2D eigenvalue weighted by Gasteiger charge is 2.14. The molecule has 2 nitrogen and oxygen atoms in total. The van der Waals surface area contributed by atoms with Crippen LogP contribution in [0.3, 0.4) is 0 Å². The van der Waals surface area contributed by atoms with Crippen LogP contribution in [-0.2, 0) is 4.79 Å². The second kappa shape index (κ2) is 7.70. The fourth-order valence-corrected chi connectivity index (χ4v) is 2.33. The number of hydrogen-bond donors (Lipinski definition) is 1. The van der Waals surface area contributed by atoms with E-state index in [1.807, 2.05) is 0 Å². The van der Waals surface area contributed by atoms with Crippen molar-refractivity contribution in [1.82, 2.24) is 5.32 Å². The van der Waals surface area contributed by atoms with Gasteiger partial charge in [-0.2, -0.15) is 0 Å². The van der Waals surface area contributed by atoms with Crippen LogP contribution in [0.1, 0.15) is 65.2 Å². The molecule has 1 rings (SSSR count). The van der Waals surface area contributed by atoms with Crippen molar-refractivity contribution in [3.05, 3.63) is 0 Å². The number of carbonyl (C=O) groups excluding carboxylic acids is 1. The Labute approximate surface area is 100 Å². The van der Waals surface area contributed by atoms with Crippen LogP contribution in [0.2, 0.25) is 0 Å². The summed E-state index contributed by atoms with van der Waals surface area (Å²) in [5.74, 6) is 1.69. The van der Waals surface area contributed by atoms with Crippen LogP contribution in [0.15, 0.2) is 0 Å². The zero-order valence-corrected chi connectivity index (χ0v) is 10.9. The monoisotopic (exact) mass is 225 g/mol. The average molecular weight is 225 g/mol. The van der Waals surface area contributed by atoms with Crippen molar-refractivity contribution >= 4 is 5.91 Å². The number of amides is 1. The Morgan fingerprint density at radius 3 is 2.62 bits per heavy atom. The molecule has 0 heterocycles. The van der Waals surface area contributed by atoms with Crippen molar-refractivity contribution in [1.29, 1.82) is 0 Å². The van der Waals surface area contributed by atoms with Gasteiger partial charge in [-0.15, -0.1) is 0 Å². The lowest BCUT2D eigenvalue weighted by Gasteiger charge is -2.21. The highest BCUT2D eigenvalue weighted by atomic mass is 16.1. The lowest BCUT2D eigenvalue weighted by molar-refractivity contribution is -0.121. The predicted molar refractivity (Wildman–Crippen MR) is 68.3 cm³/mol. The maximum Gasteiger partial charge on any atom is 0.220 e. The number of nitrogens with one attached hydrogen (secondary N) is 1. The molecule has 1 N–H and O–H groups in total. The second-order valence-electron chi connectivity index (χ2n) is 5.36. The van der Waals surface area contributed by atoms with Gasteiger partial charge in [0, 0.05) is 13.0 Å². The van der Waals surface area contributed by atoms with Gasteiger partial charge in [0.05, 0.1) is 0 Å². The Bertz CT molecular complexity index is 197. The van der Waals surface area contributed by atoms with E-state index in [0.717, 1.165) is 31.7 Å². The van der Waals surface area contributed by atoms with Crippen molar-refractivity contribution in [3.8, 4) is 0 Å². The zero-order valence-electron chi connectivity index (χ0n) is 10.9. The summed E-state index contributed by atoms with van der Waals surface area (Å²) in [6, 6.07) is 0. The summed E-state index contributed by atoms with van der Waals surface area (Å²) >= 11 is 0. The van der Waals surface area contributed by atoms with E-state index >= 15 is 0 Å². The third-order valence-electron chi connectivity index (χ3n) is 3.85. The van der Waals surface area contributed by atoms with E-state index in [2.05, 4.69) is 19.2 Å². The third-order valence-corrected chi connectivity index (χ3v) is 3.85. The van der Waals surface area contributed by atoms with Crippen LogP contribution < -0.4 is 5.32 Å². The molecule has 94 valence electrons. The minimum absolute atomic E-state index is 0.255. The Morgan fingerprint density at radius 1 is 1.31 bits per heavy atom. The summed E-state index contributed by atoms with van der Waals surface area (Å²) in [6.07, 6.45) is 9.82. The van der Waals surface area contributed by atoms with E-state index in [1.165, 1.54) is 32.1 Å². The Balaban J connectivity index is 2.05. The molecule has 0 aromatic rings. The van der Waals surface area contributed by atoms with Crippen molar-refractivity contribution in [2.24, 2.45) is 11.8 Å². The maximum atomic E-state index is 11.6. The van der Waals surface area contributed by atoms with Gasteiger partial charge in [-0.3, -0.25) is 4.79 Å². The van der Waals surface area contributed by atoms with Gasteiger partial charge in [0.2, 0.25) is 5.91 Å². The Kier molecular flexibility index (Phi) is 6.51. The SMILES string of the molecule is CCC(C)CNC(=O)CCC1CCCCC1. The standard InChI is InChI=1S/C14H27NO/c1-3-12(2)11-15-14(16)10-9-13-7-5-4-6-8-13/h12-13H,3-11H2,1-2H3,(H,15,16). The van der Waals surface area contributed by atoms with E-state index in [0.29, 0.717) is 5.92 Å². The van der Waals surface area contributed by atoms with Gasteiger partial charge in [0.25, 0.3) is 0 Å². The number of carbonyl (C=O) groups is 1. The first-order valence-corrected chi connectivity index (χ1v) is 6.99. The highest BCUT2D eigenvalue weighted by Crippen LogP contribution is 2.27. The molecule has 1 aliphatic carbocycles. The molecule has 1 aliphatic rings. The molecule has 16 heavy (non-hydrogen) atoms. The van der Waals surface area contributed by atoms with Crippen LogP contribution in [0.5, 0.6) is 0 Å². The summed E-state index contributed by atoms with van der Waals surface area (Å²) in [6.45, 7) is 5.19. The molecular weight excluding hydrogens is 198 g/mol. The van der Waals surface area contributed by atoms with E-state index in [4.69, 9.17) is 0 Å². The third kappa shape index (κ3) is 5.53. The summed E-state index contributed by atoms with van der Waals surface area (Å²) in [4.78, 5) is 11.6. The topological polar surface area (TPSA) is 29.1 Å². The lowest BCUT2D eigenvalue weighted by atomic mass is 9.86. The van der Waals surface area contributed by atoms with E-state index in [-0.39, 0.29) is 5.91 Å². The molecule has 0 radical (unpaired) electrons. The largest absolute Gasteiger partial charge is 0.356 e. The van der Waals surface area contributed by atoms with Crippen molar-refractivity contribution < 1.29 is 4.79 Å². The molecule has 0 aromatic carbocycles. The molecule has 1 unspecified atom stereocenters. The van der Waals surface area contributed by atoms with Gasteiger partial charge < -0.3 is 5.32 Å². The molecule has 0 aromatic heterocycles. The fraction of sp³-hybridized carbons (Fsp3) is 0.929. The maximum absolute atomic E-state index is 11.6. The molecule has 1 amide bonds. The highest BCUT2D eigenvalue weighted by molar-refractivity contribution is 5.75. The second-order valence-corrected chi connectivity index (χ2v) is 5.36.